The standard InChI is InChI=1S/C45H61N5O5/c1-6-42(54)24-29-25-49(26-42)19-14-31-30-12-8-9-13-34(30)47-37(31)28(4)36(29)32-23-33-35(22-27(32)3)48(5)39-44(33)16-20-50-18-10-15-43(7-2,38(44)50)40(52)45(39,55)41(53)46-17-11-21-51/h8-10,12-13,15,22-23,28-29,36,38-40,47,51-52,54-55H,6-7,11,14,16-21,24-26H2,1-5H3,(H,46,53)/t28-,29+,36?,38?,39?,40-,42?,43-,44?,45+/m1/s1. The van der Waals surface area contributed by atoms with Gasteiger partial charge in [0.15, 0.2) is 5.60 Å². The van der Waals surface area contributed by atoms with E-state index in [-0.39, 0.29) is 36.9 Å². The van der Waals surface area contributed by atoms with Crippen molar-refractivity contribution >= 4 is 22.5 Å². The van der Waals surface area contributed by atoms with Crippen molar-refractivity contribution in [3.8, 4) is 0 Å². The Morgan fingerprint density at radius 1 is 1.09 bits per heavy atom. The molecule has 6 unspecified atom stereocenters. The molecule has 1 amide bonds. The van der Waals surface area contributed by atoms with Crippen LogP contribution in [0.25, 0.3) is 10.9 Å². The lowest BCUT2D eigenvalue weighted by atomic mass is 9.47. The third-order valence-electron chi connectivity index (χ3n) is 15.7. The first kappa shape index (κ1) is 37.3. The van der Waals surface area contributed by atoms with E-state index in [1.165, 1.54) is 33.3 Å². The van der Waals surface area contributed by atoms with E-state index in [2.05, 4.69) is 101 Å². The molecule has 1 aromatic heterocycles. The van der Waals surface area contributed by atoms with E-state index in [4.69, 9.17) is 0 Å². The number of aliphatic hydroxyl groups excluding tert-OH is 2. The number of hydrogen-bond donors (Lipinski definition) is 6. The number of H-pyrrole nitrogens is 1. The minimum atomic E-state index is -2.12. The van der Waals surface area contributed by atoms with E-state index in [1.54, 1.807) is 0 Å². The topological polar surface area (TPSA) is 136 Å². The van der Waals surface area contributed by atoms with Crippen LogP contribution in [0.3, 0.4) is 0 Å². The molecule has 55 heavy (non-hydrogen) atoms. The van der Waals surface area contributed by atoms with Gasteiger partial charge in [-0.05, 0) is 98.2 Å². The van der Waals surface area contributed by atoms with Crippen molar-refractivity contribution in [1.29, 1.82) is 0 Å². The summed E-state index contributed by atoms with van der Waals surface area (Å²) < 4.78 is 0. The van der Waals surface area contributed by atoms with Gasteiger partial charge in [-0.3, -0.25) is 14.6 Å². The number of fused-ring (bicyclic) bond motifs is 6. The van der Waals surface area contributed by atoms with Gasteiger partial charge in [0.05, 0.1) is 11.6 Å². The zero-order valence-electron chi connectivity index (χ0n) is 33.3. The van der Waals surface area contributed by atoms with Crippen molar-refractivity contribution in [3.05, 3.63) is 76.5 Å². The quantitative estimate of drug-likeness (QED) is 0.157. The van der Waals surface area contributed by atoms with Crippen LogP contribution in [0.15, 0.2) is 48.6 Å². The number of nitrogens with one attached hydrogen (secondary N) is 2. The highest BCUT2D eigenvalue weighted by atomic mass is 16.4. The van der Waals surface area contributed by atoms with Crippen LogP contribution in [0, 0.1) is 18.3 Å². The Labute approximate surface area is 325 Å². The first-order valence-electron chi connectivity index (χ1n) is 21.0. The highest BCUT2D eigenvalue weighted by Crippen LogP contribution is 2.67. The van der Waals surface area contributed by atoms with Gasteiger partial charge in [0, 0.05) is 91.5 Å². The van der Waals surface area contributed by atoms with Gasteiger partial charge in [0.1, 0.15) is 6.10 Å². The maximum Gasteiger partial charge on any atom is 0.256 e. The highest BCUT2D eigenvalue weighted by molar-refractivity contribution is 5.90. The summed E-state index contributed by atoms with van der Waals surface area (Å²) in [6, 6.07) is 12.6. The average molecular weight is 752 g/mol. The van der Waals surface area contributed by atoms with E-state index in [0.29, 0.717) is 25.8 Å². The number of carbonyl (C=O) groups excluding carboxylic acids is 1. The van der Waals surface area contributed by atoms with Gasteiger partial charge in [0.2, 0.25) is 0 Å². The van der Waals surface area contributed by atoms with Gasteiger partial charge in [-0.25, -0.2) is 0 Å². The third kappa shape index (κ3) is 5.04. The molecule has 2 bridgehead atoms. The summed E-state index contributed by atoms with van der Waals surface area (Å²) in [5.74, 6) is -0.155. The molecule has 1 saturated carbocycles. The van der Waals surface area contributed by atoms with Crippen LogP contribution in [0.2, 0.25) is 0 Å². The molecule has 9 rings (SSSR count). The van der Waals surface area contributed by atoms with E-state index in [0.717, 1.165) is 56.7 Å². The second kappa shape index (κ2) is 13.1. The summed E-state index contributed by atoms with van der Waals surface area (Å²) >= 11 is 0. The minimum absolute atomic E-state index is 0.0747. The van der Waals surface area contributed by atoms with Crippen LogP contribution >= 0.6 is 0 Å². The Balaban J connectivity index is 1.26. The fourth-order valence-corrected chi connectivity index (χ4v) is 13.4. The second-order valence-corrected chi connectivity index (χ2v) is 18.3. The van der Waals surface area contributed by atoms with Gasteiger partial charge >= 0.3 is 0 Å². The molecule has 3 fully saturated rings. The number of anilines is 1. The molecule has 1 aliphatic carbocycles. The summed E-state index contributed by atoms with van der Waals surface area (Å²) in [6.45, 7) is 13.0. The SMILES string of the molecule is CCC1(O)C[C@H]2CN(CCc3c([nH]c4ccccc34)[C@H](C)C2c2cc3c(cc2C)N(C)C2C34CCN3CC=C[C@](CC)(C34)[C@@H](O)[C@]2(O)C(=O)NCCCO)C1. The van der Waals surface area contributed by atoms with Gasteiger partial charge in [-0.15, -0.1) is 0 Å². The number of carbonyl (C=O) groups is 1. The molecular formula is C45H61N5O5. The van der Waals surface area contributed by atoms with E-state index < -0.39 is 40.1 Å². The second-order valence-electron chi connectivity index (χ2n) is 18.3. The van der Waals surface area contributed by atoms with Crippen molar-refractivity contribution in [2.24, 2.45) is 11.3 Å². The summed E-state index contributed by atoms with van der Waals surface area (Å²) in [5, 5.41) is 51.6. The number of hydrogen-bond acceptors (Lipinski definition) is 8. The number of aromatic amines is 1. The van der Waals surface area contributed by atoms with Crippen molar-refractivity contribution in [2.75, 3.05) is 57.8 Å². The van der Waals surface area contributed by atoms with Crippen LogP contribution in [-0.2, 0) is 16.6 Å². The summed E-state index contributed by atoms with van der Waals surface area (Å²) in [7, 11) is 2.00. The molecule has 10 nitrogen and oxygen atoms in total. The molecule has 2 aromatic carbocycles. The Hall–Kier alpha value is -3.25. The Kier molecular flexibility index (Phi) is 8.92. The molecule has 3 aromatic rings. The van der Waals surface area contributed by atoms with Gasteiger partial charge in [0.25, 0.3) is 5.91 Å². The number of para-hydroxylation sites is 1. The predicted octanol–water partition coefficient (Wildman–Crippen LogP) is 4.08. The van der Waals surface area contributed by atoms with Gasteiger partial charge < -0.3 is 35.6 Å². The Morgan fingerprint density at radius 3 is 2.65 bits per heavy atom. The number of aryl methyl sites for hydroxylation is 1. The zero-order valence-corrected chi connectivity index (χ0v) is 33.3. The van der Waals surface area contributed by atoms with Crippen LogP contribution in [0.4, 0.5) is 5.69 Å². The monoisotopic (exact) mass is 751 g/mol. The smallest absolute Gasteiger partial charge is 0.256 e. The molecule has 6 aliphatic rings. The Morgan fingerprint density at radius 2 is 1.89 bits per heavy atom. The molecule has 6 heterocycles. The summed E-state index contributed by atoms with van der Waals surface area (Å²) in [6.07, 6.45) is 6.94. The van der Waals surface area contributed by atoms with Crippen LogP contribution in [0.5, 0.6) is 0 Å². The fraction of sp³-hybridized carbons (Fsp3) is 0.622. The number of aromatic nitrogens is 1. The normalized spacial score (nSPS) is 39.1. The van der Waals surface area contributed by atoms with Crippen LogP contribution < -0.4 is 10.2 Å². The number of likely N-dealkylation sites (N-methyl/N-ethyl adjacent to an activating group) is 1. The maximum atomic E-state index is 14.5. The highest BCUT2D eigenvalue weighted by Gasteiger charge is 2.78. The first-order chi connectivity index (χ1) is 26.4. The summed E-state index contributed by atoms with van der Waals surface area (Å²) in [4.78, 5) is 25.5. The van der Waals surface area contributed by atoms with Crippen molar-refractivity contribution in [3.63, 3.8) is 0 Å². The van der Waals surface area contributed by atoms with Crippen molar-refractivity contribution in [2.45, 2.75) is 113 Å². The van der Waals surface area contributed by atoms with E-state index in [1.807, 2.05) is 7.05 Å². The lowest BCUT2D eigenvalue weighted by molar-refractivity contribution is -0.203. The maximum absolute atomic E-state index is 14.5. The first-order valence-corrected chi connectivity index (χ1v) is 21.0. The molecule has 5 aliphatic heterocycles. The number of benzene rings is 2. The predicted molar refractivity (Wildman–Crippen MR) is 216 cm³/mol. The van der Waals surface area contributed by atoms with E-state index in [9.17, 15) is 25.2 Å². The van der Waals surface area contributed by atoms with Gasteiger partial charge in [-0.2, -0.15) is 0 Å². The zero-order chi connectivity index (χ0) is 38.7. The number of piperidine rings is 1. The summed E-state index contributed by atoms with van der Waals surface area (Å²) in [5.41, 5.74) is 4.08. The van der Waals surface area contributed by atoms with Crippen LogP contribution in [-0.4, -0.2) is 123 Å². The van der Waals surface area contributed by atoms with Crippen molar-refractivity contribution < 1.29 is 25.2 Å². The van der Waals surface area contributed by atoms with E-state index >= 15 is 0 Å². The third-order valence-corrected chi connectivity index (χ3v) is 15.7. The molecule has 0 radical (unpaired) electrons. The number of nitrogens with zero attached hydrogens (tertiary/aromatic N) is 3. The van der Waals surface area contributed by atoms with Crippen molar-refractivity contribution in [1.82, 2.24) is 20.1 Å². The molecular weight excluding hydrogens is 691 g/mol. The Bertz CT molecular complexity index is 2030. The molecule has 6 N–H and O–H groups in total. The molecule has 2 saturated heterocycles. The molecule has 11 atom stereocenters. The largest absolute Gasteiger partial charge is 0.396 e. The number of aliphatic hydroxyl groups is 4. The molecule has 10 heteroatoms. The minimum Gasteiger partial charge on any atom is -0.396 e. The van der Waals surface area contributed by atoms with Gasteiger partial charge in [-0.1, -0.05) is 57.2 Å². The number of rotatable bonds is 7. The fourth-order valence-electron chi connectivity index (χ4n) is 13.4. The number of amides is 1. The molecule has 296 valence electrons. The van der Waals surface area contributed by atoms with Crippen LogP contribution in [0.1, 0.15) is 92.7 Å². The molecule has 1 spiro atoms. The lowest BCUT2D eigenvalue weighted by Gasteiger charge is -2.63. The average Bonchev–Trinajstić information content (AvgIpc) is 3.83. The lowest BCUT2D eigenvalue weighted by Crippen LogP contribution is -2.81.